The number of nitrogens with zero attached hydrogens (tertiary/aromatic N) is 3. The van der Waals surface area contributed by atoms with Gasteiger partial charge >= 0.3 is 0 Å². The molecule has 0 spiro atoms. The van der Waals surface area contributed by atoms with Gasteiger partial charge in [0.05, 0.1) is 17.6 Å². The summed E-state index contributed by atoms with van der Waals surface area (Å²) in [6.45, 7) is 1.36. The van der Waals surface area contributed by atoms with Crippen molar-refractivity contribution in [3.05, 3.63) is 47.1 Å². The number of rotatable bonds is 5. The molecule has 1 aromatic carbocycles. The van der Waals surface area contributed by atoms with E-state index < -0.39 is 0 Å². The quantitative estimate of drug-likeness (QED) is 0.753. The van der Waals surface area contributed by atoms with Crippen molar-refractivity contribution in [1.29, 1.82) is 0 Å². The van der Waals surface area contributed by atoms with Crippen molar-refractivity contribution < 1.29 is 4.79 Å². The number of fused-ring (bicyclic) bond motifs is 1. The smallest absolute Gasteiger partial charge is 0.261 e. The maximum atomic E-state index is 12.4. The number of amides is 1. The van der Waals surface area contributed by atoms with Crippen LogP contribution in [0.1, 0.15) is 47.5 Å². The lowest BCUT2D eigenvalue weighted by Crippen LogP contribution is -2.22. The lowest BCUT2D eigenvalue weighted by atomic mass is 9.89. The van der Waals surface area contributed by atoms with Crippen LogP contribution in [0.4, 0.5) is 0 Å². The molecule has 5 nitrogen and oxygen atoms in total. The zero-order valence-corrected chi connectivity index (χ0v) is 15.0. The third kappa shape index (κ3) is 3.90. The fourth-order valence-electron chi connectivity index (χ4n) is 3.49. The van der Waals surface area contributed by atoms with E-state index in [1.165, 1.54) is 43.4 Å². The van der Waals surface area contributed by atoms with E-state index in [1.54, 1.807) is 0 Å². The average molecular weight is 354 g/mol. The summed E-state index contributed by atoms with van der Waals surface area (Å²) in [7, 11) is 0. The number of hydrogen-bond donors (Lipinski definition) is 1. The molecule has 0 unspecified atom stereocenters. The number of thiophene rings is 1. The van der Waals surface area contributed by atoms with Gasteiger partial charge in [-0.2, -0.15) is 0 Å². The van der Waals surface area contributed by atoms with E-state index in [-0.39, 0.29) is 5.91 Å². The summed E-state index contributed by atoms with van der Waals surface area (Å²) < 4.78 is 3.06. The fraction of sp³-hybridized carbons (Fsp3) is 0.421. The van der Waals surface area contributed by atoms with Gasteiger partial charge in [-0.1, -0.05) is 42.7 Å². The van der Waals surface area contributed by atoms with Gasteiger partial charge in [0.2, 0.25) is 0 Å². The molecule has 2 heterocycles. The first kappa shape index (κ1) is 16.3. The second kappa shape index (κ2) is 7.35. The summed E-state index contributed by atoms with van der Waals surface area (Å²) in [6, 6.07) is 9.98. The summed E-state index contributed by atoms with van der Waals surface area (Å²) in [5.41, 5.74) is 0.810. The molecular weight excluding hydrogens is 332 g/mol. The third-order valence-electron chi connectivity index (χ3n) is 4.84. The fourth-order valence-corrected chi connectivity index (χ4v) is 4.47. The number of carbonyl (C=O) groups is 1. The van der Waals surface area contributed by atoms with Gasteiger partial charge in [0.25, 0.3) is 5.91 Å². The molecule has 0 saturated heterocycles. The van der Waals surface area contributed by atoms with Crippen molar-refractivity contribution in [3.8, 4) is 0 Å². The number of hydrogen-bond acceptors (Lipinski definition) is 4. The lowest BCUT2D eigenvalue weighted by Gasteiger charge is -2.20. The van der Waals surface area contributed by atoms with Crippen LogP contribution in [-0.4, -0.2) is 20.9 Å². The van der Waals surface area contributed by atoms with E-state index in [2.05, 4.69) is 15.6 Å². The highest BCUT2D eigenvalue weighted by Crippen LogP contribution is 2.26. The van der Waals surface area contributed by atoms with Crippen LogP contribution in [-0.2, 0) is 13.1 Å². The molecule has 1 N–H and O–H groups in total. The van der Waals surface area contributed by atoms with Gasteiger partial charge in [0.15, 0.2) is 0 Å². The maximum Gasteiger partial charge on any atom is 0.261 e. The predicted octanol–water partition coefficient (Wildman–Crippen LogP) is 4.00. The third-order valence-corrected chi connectivity index (χ3v) is 5.95. The Balaban J connectivity index is 1.34. The molecule has 0 radical (unpaired) electrons. The molecule has 4 rings (SSSR count). The Hall–Kier alpha value is -2.21. The van der Waals surface area contributed by atoms with Crippen LogP contribution >= 0.6 is 11.3 Å². The van der Waals surface area contributed by atoms with Crippen molar-refractivity contribution in [3.63, 3.8) is 0 Å². The highest BCUT2D eigenvalue weighted by Gasteiger charge is 2.15. The van der Waals surface area contributed by atoms with Crippen LogP contribution in [0.5, 0.6) is 0 Å². The van der Waals surface area contributed by atoms with Crippen molar-refractivity contribution in [1.82, 2.24) is 20.3 Å². The molecule has 1 fully saturated rings. The predicted molar refractivity (Wildman–Crippen MR) is 99.6 cm³/mol. The van der Waals surface area contributed by atoms with Crippen molar-refractivity contribution >= 4 is 27.3 Å². The van der Waals surface area contributed by atoms with Crippen molar-refractivity contribution in [2.24, 2.45) is 5.92 Å². The van der Waals surface area contributed by atoms with E-state index in [9.17, 15) is 4.79 Å². The first-order valence-electron chi connectivity index (χ1n) is 8.94. The largest absolute Gasteiger partial charge is 0.346 e. The van der Waals surface area contributed by atoms with Gasteiger partial charge in [-0.25, -0.2) is 0 Å². The van der Waals surface area contributed by atoms with E-state index in [1.807, 2.05) is 41.2 Å². The summed E-state index contributed by atoms with van der Waals surface area (Å²) >= 11 is 1.52. The minimum atomic E-state index is -0.0527. The highest BCUT2D eigenvalue weighted by atomic mass is 32.1. The number of aromatic nitrogens is 3. The summed E-state index contributed by atoms with van der Waals surface area (Å²) in [5.74, 6) is 0.666. The van der Waals surface area contributed by atoms with Crippen LogP contribution in [0.3, 0.4) is 0 Å². The van der Waals surface area contributed by atoms with E-state index >= 15 is 0 Å². The van der Waals surface area contributed by atoms with Gasteiger partial charge < -0.3 is 5.32 Å². The second-order valence-corrected chi connectivity index (χ2v) is 7.85. The summed E-state index contributed by atoms with van der Waals surface area (Å²) in [5, 5.41) is 12.5. The minimum absolute atomic E-state index is 0.0527. The first-order chi connectivity index (χ1) is 12.3. The topological polar surface area (TPSA) is 59.8 Å². The zero-order valence-electron chi connectivity index (χ0n) is 14.1. The molecule has 1 aliphatic rings. The van der Waals surface area contributed by atoms with Gasteiger partial charge in [0, 0.05) is 11.2 Å². The molecule has 0 aliphatic heterocycles. The van der Waals surface area contributed by atoms with E-state index in [0.29, 0.717) is 6.54 Å². The summed E-state index contributed by atoms with van der Waals surface area (Å²) in [4.78, 5) is 13.1. The Morgan fingerprint density at radius 2 is 2.08 bits per heavy atom. The molecule has 1 aliphatic carbocycles. The lowest BCUT2D eigenvalue weighted by molar-refractivity contribution is 0.0954. The Morgan fingerprint density at radius 3 is 2.92 bits per heavy atom. The molecular formula is C19H22N4OS. The molecule has 2 aromatic heterocycles. The monoisotopic (exact) mass is 354 g/mol. The number of benzene rings is 1. The molecule has 130 valence electrons. The van der Waals surface area contributed by atoms with Gasteiger partial charge in [-0.05, 0) is 36.3 Å². The second-order valence-electron chi connectivity index (χ2n) is 6.77. The molecule has 0 atom stereocenters. The van der Waals surface area contributed by atoms with Crippen LogP contribution < -0.4 is 5.32 Å². The Labute approximate surface area is 151 Å². The van der Waals surface area contributed by atoms with Gasteiger partial charge in [0.1, 0.15) is 5.69 Å². The van der Waals surface area contributed by atoms with Crippen LogP contribution in [0.2, 0.25) is 0 Å². The van der Waals surface area contributed by atoms with Crippen LogP contribution in [0.25, 0.3) is 10.1 Å². The zero-order chi connectivity index (χ0) is 17.1. The Morgan fingerprint density at radius 1 is 1.24 bits per heavy atom. The molecule has 1 saturated carbocycles. The molecule has 6 heteroatoms. The minimum Gasteiger partial charge on any atom is -0.346 e. The molecule has 1 amide bonds. The standard InChI is InChI=1S/C19H22N4OS/c24-19(18-10-15-8-4-5-9-17(15)25-18)20-11-16-13-23(22-21-16)12-14-6-2-1-3-7-14/h4-5,8-10,13-14H,1-3,6-7,11-12H2,(H,20,24). The SMILES string of the molecule is O=C(NCc1cn(CC2CCCCC2)nn1)c1cc2ccccc2s1. The number of carbonyl (C=O) groups excluding carboxylic acids is 1. The Kier molecular flexibility index (Phi) is 4.78. The van der Waals surface area contributed by atoms with Gasteiger partial charge in [-0.15, -0.1) is 16.4 Å². The van der Waals surface area contributed by atoms with E-state index in [4.69, 9.17) is 0 Å². The first-order valence-corrected chi connectivity index (χ1v) is 9.75. The van der Waals surface area contributed by atoms with Crippen molar-refractivity contribution in [2.75, 3.05) is 0 Å². The normalized spacial score (nSPS) is 15.5. The molecule has 0 bridgehead atoms. The van der Waals surface area contributed by atoms with Crippen molar-refractivity contribution in [2.45, 2.75) is 45.2 Å². The molecule has 25 heavy (non-hydrogen) atoms. The Bertz CT molecular complexity index is 830. The highest BCUT2D eigenvalue weighted by molar-refractivity contribution is 7.20. The van der Waals surface area contributed by atoms with Crippen LogP contribution in [0.15, 0.2) is 36.5 Å². The summed E-state index contributed by atoms with van der Waals surface area (Å²) in [6.07, 6.45) is 8.56. The van der Waals surface area contributed by atoms with E-state index in [0.717, 1.165) is 33.1 Å². The average Bonchev–Trinajstić information content (AvgIpc) is 3.27. The number of nitrogens with one attached hydrogen (secondary N) is 1. The van der Waals surface area contributed by atoms with Crippen LogP contribution in [0, 0.1) is 5.92 Å². The van der Waals surface area contributed by atoms with Gasteiger partial charge in [-0.3, -0.25) is 9.48 Å². The maximum absolute atomic E-state index is 12.4. The molecule has 3 aromatic rings.